The zero-order valence-corrected chi connectivity index (χ0v) is 13.4. The number of ketones is 1. The van der Waals surface area contributed by atoms with Gasteiger partial charge in [-0.15, -0.1) is 0 Å². The lowest BCUT2D eigenvalue weighted by Gasteiger charge is -2.07. The molecule has 3 nitrogen and oxygen atoms in total. The predicted octanol–water partition coefficient (Wildman–Crippen LogP) is 4.52. The molecule has 0 aliphatic carbocycles. The van der Waals surface area contributed by atoms with Gasteiger partial charge >= 0.3 is 0 Å². The molecule has 0 unspecified atom stereocenters. The Morgan fingerprint density at radius 2 is 1.86 bits per heavy atom. The Labute approximate surface area is 136 Å². The van der Waals surface area contributed by atoms with E-state index in [1.165, 1.54) is 0 Å². The first-order valence-corrected chi connectivity index (χ1v) is 7.79. The van der Waals surface area contributed by atoms with Gasteiger partial charge in [-0.1, -0.05) is 40.2 Å². The molecule has 0 aliphatic rings. The van der Waals surface area contributed by atoms with E-state index in [-0.39, 0.29) is 11.5 Å². The van der Waals surface area contributed by atoms with E-state index < -0.39 is 0 Å². The van der Waals surface area contributed by atoms with Crippen molar-refractivity contribution in [3.8, 4) is 5.75 Å². The largest absolute Gasteiger partial charge is 0.505 e. The summed E-state index contributed by atoms with van der Waals surface area (Å²) in [5.41, 5.74) is 1.90. The lowest BCUT2D eigenvalue weighted by Crippen LogP contribution is -2.02. The number of nitrogens with zero attached hydrogens (tertiary/aromatic N) is 1. The third-order valence-corrected chi connectivity index (χ3v) is 4.13. The van der Waals surface area contributed by atoms with Crippen molar-refractivity contribution in [3.63, 3.8) is 0 Å². The SMILES string of the molecule is O=C(CCc1ccc(Br)cc1)c1ccc2cccnc2c1O. The highest BCUT2D eigenvalue weighted by atomic mass is 79.9. The van der Waals surface area contributed by atoms with Crippen molar-refractivity contribution in [3.05, 3.63) is 70.3 Å². The first-order chi connectivity index (χ1) is 10.6. The van der Waals surface area contributed by atoms with Crippen LogP contribution in [0.2, 0.25) is 0 Å². The van der Waals surface area contributed by atoms with Crippen LogP contribution in [0, 0.1) is 0 Å². The fourth-order valence-corrected chi connectivity index (χ4v) is 2.66. The van der Waals surface area contributed by atoms with E-state index in [4.69, 9.17) is 0 Å². The number of fused-ring (bicyclic) bond motifs is 1. The molecule has 0 saturated carbocycles. The number of carbonyl (C=O) groups is 1. The standard InChI is InChI=1S/C18H14BrNO2/c19-14-7-3-12(4-8-14)5-10-16(21)15-9-6-13-2-1-11-20-17(13)18(15)22/h1-4,6-9,11,22H,5,10H2. The molecule has 0 aliphatic heterocycles. The molecule has 3 aromatic rings. The summed E-state index contributed by atoms with van der Waals surface area (Å²) in [6.45, 7) is 0. The molecule has 0 spiro atoms. The number of halogens is 1. The molecule has 0 amide bonds. The van der Waals surface area contributed by atoms with Crippen LogP contribution in [0.1, 0.15) is 22.3 Å². The van der Waals surface area contributed by atoms with Crippen LogP contribution in [-0.4, -0.2) is 15.9 Å². The van der Waals surface area contributed by atoms with E-state index in [9.17, 15) is 9.90 Å². The minimum absolute atomic E-state index is 0.0288. The molecule has 0 atom stereocenters. The molecule has 1 heterocycles. The summed E-state index contributed by atoms with van der Waals surface area (Å²) < 4.78 is 1.01. The number of phenols is 1. The van der Waals surface area contributed by atoms with Crippen molar-refractivity contribution >= 4 is 32.6 Å². The van der Waals surface area contributed by atoms with Crippen LogP contribution < -0.4 is 0 Å². The molecule has 0 radical (unpaired) electrons. The van der Waals surface area contributed by atoms with Gasteiger partial charge in [0.25, 0.3) is 0 Å². The van der Waals surface area contributed by atoms with Crippen molar-refractivity contribution in [2.75, 3.05) is 0 Å². The Bertz CT molecular complexity index is 828. The van der Waals surface area contributed by atoms with Gasteiger partial charge in [-0.3, -0.25) is 9.78 Å². The number of aromatic nitrogens is 1. The molecule has 22 heavy (non-hydrogen) atoms. The molecule has 2 aromatic carbocycles. The second-order valence-corrected chi connectivity index (χ2v) is 6.00. The monoisotopic (exact) mass is 355 g/mol. The first-order valence-electron chi connectivity index (χ1n) is 6.99. The molecule has 0 saturated heterocycles. The molecule has 0 fully saturated rings. The highest BCUT2D eigenvalue weighted by Crippen LogP contribution is 2.28. The Kier molecular flexibility index (Phi) is 4.20. The maximum atomic E-state index is 12.4. The summed E-state index contributed by atoms with van der Waals surface area (Å²) >= 11 is 3.39. The van der Waals surface area contributed by atoms with Gasteiger partial charge in [0.05, 0.1) is 5.56 Å². The topological polar surface area (TPSA) is 50.2 Å². The third-order valence-electron chi connectivity index (χ3n) is 3.60. The van der Waals surface area contributed by atoms with Gasteiger partial charge in [-0.05, 0) is 36.2 Å². The number of Topliss-reactive ketones (excluding diaryl/α,β-unsaturated/α-hetero) is 1. The quantitative estimate of drug-likeness (QED) is 0.700. The van der Waals surface area contributed by atoms with E-state index in [1.54, 1.807) is 18.3 Å². The summed E-state index contributed by atoms with van der Waals surface area (Å²) in [6, 6.07) is 15.0. The Morgan fingerprint density at radius 1 is 1.09 bits per heavy atom. The fourth-order valence-electron chi connectivity index (χ4n) is 2.40. The van der Waals surface area contributed by atoms with Crippen LogP contribution in [0.3, 0.4) is 0 Å². The van der Waals surface area contributed by atoms with Crippen LogP contribution in [-0.2, 0) is 6.42 Å². The number of pyridine rings is 1. The minimum Gasteiger partial charge on any atom is -0.505 e. The van der Waals surface area contributed by atoms with Gasteiger partial charge < -0.3 is 5.11 Å². The predicted molar refractivity (Wildman–Crippen MR) is 90.2 cm³/mol. The van der Waals surface area contributed by atoms with Crippen molar-refractivity contribution in [2.24, 2.45) is 0 Å². The van der Waals surface area contributed by atoms with Crippen LogP contribution in [0.15, 0.2) is 59.2 Å². The number of aryl methyl sites for hydroxylation is 1. The van der Waals surface area contributed by atoms with Crippen molar-refractivity contribution < 1.29 is 9.90 Å². The Balaban J connectivity index is 1.80. The number of rotatable bonds is 4. The molecular weight excluding hydrogens is 342 g/mol. The minimum atomic E-state index is -0.0760. The van der Waals surface area contributed by atoms with Crippen LogP contribution >= 0.6 is 15.9 Å². The zero-order chi connectivity index (χ0) is 15.5. The fraction of sp³-hybridized carbons (Fsp3) is 0.111. The molecule has 4 heteroatoms. The Hall–Kier alpha value is -2.20. The zero-order valence-electron chi connectivity index (χ0n) is 11.8. The number of hydrogen-bond acceptors (Lipinski definition) is 3. The summed E-state index contributed by atoms with van der Waals surface area (Å²) in [5.74, 6) is -0.105. The van der Waals surface area contributed by atoms with Gasteiger partial charge in [-0.2, -0.15) is 0 Å². The average Bonchev–Trinajstić information content (AvgIpc) is 2.55. The molecule has 1 N–H and O–H groups in total. The molecule has 0 bridgehead atoms. The van der Waals surface area contributed by atoms with Gasteiger partial charge in [-0.25, -0.2) is 0 Å². The van der Waals surface area contributed by atoms with E-state index in [2.05, 4.69) is 20.9 Å². The third kappa shape index (κ3) is 3.02. The summed E-state index contributed by atoms with van der Waals surface area (Å²) in [5, 5.41) is 11.1. The molecule has 1 aromatic heterocycles. The van der Waals surface area contributed by atoms with Gasteiger partial charge in [0, 0.05) is 22.5 Å². The van der Waals surface area contributed by atoms with Crippen molar-refractivity contribution in [2.45, 2.75) is 12.8 Å². The summed E-state index contributed by atoms with van der Waals surface area (Å²) in [4.78, 5) is 16.5. The lowest BCUT2D eigenvalue weighted by molar-refractivity contribution is 0.0980. The number of aromatic hydroxyl groups is 1. The van der Waals surface area contributed by atoms with E-state index in [0.29, 0.717) is 23.9 Å². The van der Waals surface area contributed by atoms with E-state index in [1.807, 2.05) is 36.4 Å². The molecule has 3 rings (SSSR count). The lowest BCUT2D eigenvalue weighted by atomic mass is 10.0. The van der Waals surface area contributed by atoms with Crippen molar-refractivity contribution in [1.82, 2.24) is 4.98 Å². The number of benzene rings is 2. The second-order valence-electron chi connectivity index (χ2n) is 5.09. The highest BCUT2D eigenvalue weighted by molar-refractivity contribution is 9.10. The van der Waals surface area contributed by atoms with Gasteiger partial charge in [0.2, 0.25) is 0 Å². The van der Waals surface area contributed by atoms with Crippen LogP contribution in [0.5, 0.6) is 5.75 Å². The summed E-state index contributed by atoms with van der Waals surface area (Å²) in [7, 11) is 0. The molecule has 110 valence electrons. The normalized spacial score (nSPS) is 10.8. The van der Waals surface area contributed by atoms with Crippen LogP contribution in [0.25, 0.3) is 10.9 Å². The van der Waals surface area contributed by atoms with Crippen molar-refractivity contribution in [1.29, 1.82) is 0 Å². The first kappa shape index (κ1) is 14.7. The number of hydrogen-bond donors (Lipinski definition) is 1. The Morgan fingerprint density at radius 3 is 2.64 bits per heavy atom. The maximum Gasteiger partial charge on any atom is 0.167 e. The summed E-state index contributed by atoms with van der Waals surface area (Å²) in [6.07, 6.45) is 2.61. The number of phenolic OH excluding ortho intramolecular Hbond substituents is 1. The number of carbonyl (C=O) groups excluding carboxylic acids is 1. The maximum absolute atomic E-state index is 12.4. The smallest absolute Gasteiger partial charge is 0.167 e. The molecular formula is C18H14BrNO2. The van der Waals surface area contributed by atoms with E-state index in [0.717, 1.165) is 15.4 Å². The second kappa shape index (κ2) is 6.28. The van der Waals surface area contributed by atoms with Crippen LogP contribution in [0.4, 0.5) is 0 Å². The van der Waals surface area contributed by atoms with E-state index >= 15 is 0 Å². The average molecular weight is 356 g/mol. The van der Waals surface area contributed by atoms with Gasteiger partial charge in [0.1, 0.15) is 5.52 Å². The highest BCUT2D eigenvalue weighted by Gasteiger charge is 2.14. The van der Waals surface area contributed by atoms with Gasteiger partial charge in [0.15, 0.2) is 11.5 Å².